The molecule has 0 aliphatic heterocycles. The summed E-state index contributed by atoms with van der Waals surface area (Å²) in [6.45, 7) is 6.10. The van der Waals surface area contributed by atoms with Crippen LogP contribution in [0.15, 0.2) is 6.20 Å². The van der Waals surface area contributed by atoms with Gasteiger partial charge in [0, 0.05) is 24.3 Å². The number of rotatable bonds is 6. The molecule has 1 aliphatic rings. The van der Waals surface area contributed by atoms with Gasteiger partial charge in [-0.3, -0.25) is 5.10 Å². The van der Waals surface area contributed by atoms with Crippen molar-refractivity contribution >= 4 is 12.4 Å². The van der Waals surface area contributed by atoms with E-state index in [9.17, 15) is 0 Å². The largest absolute Gasteiger partial charge is 0.380 e. The van der Waals surface area contributed by atoms with E-state index in [0.717, 1.165) is 61.7 Å². The highest BCUT2D eigenvalue weighted by Gasteiger charge is 2.26. The number of hydrogen-bond acceptors (Lipinski definition) is 5. The lowest BCUT2D eigenvalue weighted by Crippen LogP contribution is -2.27. The van der Waals surface area contributed by atoms with E-state index in [1.54, 1.807) is 6.20 Å². The summed E-state index contributed by atoms with van der Waals surface area (Å²) >= 11 is 0. The zero-order chi connectivity index (χ0) is 16.2. The van der Waals surface area contributed by atoms with E-state index in [1.807, 2.05) is 18.5 Å². The monoisotopic (exact) mass is 354 g/mol. The van der Waals surface area contributed by atoms with E-state index in [2.05, 4.69) is 10.2 Å². The molecule has 1 saturated carbocycles. The Morgan fingerprint density at radius 2 is 2.08 bits per heavy atom. The van der Waals surface area contributed by atoms with Crippen molar-refractivity contribution in [2.24, 2.45) is 5.73 Å². The molecule has 0 spiro atoms. The minimum atomic E-state index is 0. The standard InChI is InChI=1S/C16H26N6O.ClH/c1-3-23-9-8-22-16(12-4-6-13(17)7-5-12)19-15(21-22)14-10-18-20-11(14)2;/h10,12-13H,3-9,17H2,1-2H3,(H,18,20);1H. The second kappa shape index (κ2) is 8.60. The maximum Gasteiger partial charge on any atom is 0.184 e. The van der Waals surface area contributed by atoms with E-state index in [1.165, 1.54) is 0 Å². The van der Waals surface area contributed by atoms with E-state index >= 15 is 0 Å². The molecule has 0 unspecified atom stereocenters. The molecular weight excluding hydrogens is 328 g/mol. The summed E-state index contributed by atoms with van der Waals surface area (Å²) in [4.78, 5) is 4.84. The first kappa shape index (κ1) is 18.9. The number of halogens is 1. The summed E-state index contributed by atoms with van der Waals surface area (Å²) < 4.78 is 7.51. The van der Waals surface area contributed by atoms with Crippen molar-refractivity contribution < 1.29 is 4.74 Å². The predicted molar refractivity (Wildman–Crippen MR) is 95.3 cm³/mol. The van der Waals surface area contributed by atoms with Crippen LogP contribution in [0.5, 0.6) is 0 Å². The molecule has 3 N–H and O–H groups in total. The molecule has 2 aromatic rings. The Hall–Kier alpha value is -1.44. The van der Waals surface area contributed by atoms with E-state index in [4.69, 9.17) is 20.6 Å². The van der Waals surface area contributed by atoms with Crippen molar-refractivity contribution in [3.05, 3.63) is 17.7 Å². The number of aromatic amines is 1. The van der Waals surface area contributed by atoms with Gasteiger partial charge in [0.15, 0.2) is 5.82 Å². The molecule has 0 aromatic carbocycles. The van der Waals surface area contributed by atoms with Gasteiger partial charge in [0.1, 0.15) is 5.82 Å². The Morgan fingerprint density at radius 1 is 1.33 bits per heavy atom. The van der Waals surface area contributed by atoms with Gasteiger partial charge in [-0.1, -0.05) is 0 Å². The number of nitrogens with two attached hydrogens (primary N) is 1. The highest BCUT2D eigenvalue weighted by molar-refractivity contribution is 5.85. The lowest BCUT2D eigenvalue weighted by molar-refractivity contribution is 0.134. The van der Waals surface area contributed by atoms with Crippen LogP contribution in [0.1, 0.15) is 50.0 Å². The quantitative estimate of drug-likeness (QED) is 0.777. The number of ether oxygens (including phenoxy) is 1. The molecule has 134 valence electrons. The molecule has 3 rings (SSSR count). The minimum Gasteiger partial charge on any atom is -0.380 e. The molecule has 1 aliphatic carbocycles. The molecule has 24 heavy (non-hydrogen) atoms. The summed E-state index contributed by atoms with van der Waals surface area (Å²) in [5.41, 5.74) is 7.99. The van der Waals surface area contributed by atoms with E-state index < -0.39 is 0 Å². The van der Waals surface area contributed by atoms with Crippen LogP contribution in [-0.2, 0) is 11.3 Å². The molecule has 2 aromatic heterocycles. The van der Waals surface area contributed by atoms with Crippen molar-refractivity contribution in [3.63, 3.8) is 0 Å². The van der Waals surface area contributed by atoms with Crippen molar-refractivity contribution in [3.8, 4) is 11.4 Å². The summed E-state index contributed by atoms with van der Waals surface area (Å²) in [6.07, 6.45) is 6.07. The Morgan fingerprint density at radius 3 is 2.71 bits per heavy atom. The van der Waals surface area contributed by atoms with Gasteiger partial charge in [0.05, 0.1) is 24.9 Å². The van der Waals surface area contributed by atoms with Gasteiger partial charge in [-0.25, -0.2) is 9.67 Å². The molecule has 0 bridgehead atoms. The van der Waals surface area contributed by atoms with Crippen LogP contribution in [0.25, 0.3) is 11.4 Å². The van der Waals surface area contributed by atoms with Crippen molar-refractivity contribution in [1.82, 2.24) is 25.0 Å². The third-order valence-electron chi connectivity index (χ3n) is 4.56. The normalized spacial score (nSPS) is 20.8. The average Bonchev–Trinajstić information content (AvgIpc) is 3.15. The summed E-state index contributed by atoms with van der Waals surface area (Å²) in [7, 11) is 0. The van der Waals surface area contributed by atoms with Gasteiger partial charge in [-0.15, -0.1) is 12.4 Å². The van der Waals surface area contributed by atoms with Gasteiger partial charge in [0.25, 0.3) is 0 Å². The average molecular weight is 355 g/mol. The Labute approximate surface area is 148 Å². The fourth-order valence-corrected chi connectivity index (χ4v) is 3.18. The molecule has 7 nitrogen and oxygen atoms in total. The van der Waals surface area contributed by atoms with Crippen molar-refractivity contribution in [2.75, 3.05) is 13.2 Å². The van der Waals surface area contributed by atoms with Crippen LogP contribution < -0.4 is 5.73 Å². The Kier molecular flexibility index (Phi) is 6.77. The molecule has 0 saturated heterocycles. The fraction of sp³-hybridized carbons (Fsp3) is 0.688. The number of aryl methyl sites for hydroxylation is 1. The van der Waals surface area contributed by atoms with Crippen LogP contribution in [-0.4, -0.2) is 44.2 Å². The highest BCUT2D eigenvalue weighted by Crippen LogP contribution is 2.32. The van der Waals surface area contributed by atoms with E-state index in [0.29, 0.717) is 18.6 Å². The zero-order valence-corrected chi connectivity index (χ0v) is 15.2. The first-order valence-corrected chi connectivity index (χ1v) is 8.47. The molecule has 0 radical (unpaired) electrons. The van der Waals surface area contributed by atoms with Crippen LogP contribution in [0.2, 0.25) is 0 Å². The zero-order valence-electron chi connectivity index (χ0n) is 14.4. The second-order valence-electron chi connectivity index (χ2n) is 6.23. The Balaban J connectivity index is 0.00000208. The molecule has 0 amide bonds. The maximum absolute atomic E-state index is 6.04. The van der Waals surface area contributed by atoms with Crippen LogP contribution in [0.4, 0.5) is 0 Å². The number of aromatic nitrogens is 5. The van der Waals surface area contributed by atoms with Crippen molar-refractivity contribution in [2.45, 2.75) is 58.0 Å². The van der Waals surface area contributed by atoms with Crippen LogP contribution in [0.3, 0.4) is 0 Å². The minimum absolute atomic E-state index is 0. The SMILES string of the molecule is CCOCCn1nc(-c2cn[nH]c2C)nc1C1CCC(N)CC1.Cl. The van der Waals surface area contributed by atoms with Gasteiger partial charge in [-0.05, 0) is 39.5 Å². The number of H-pyrrole nitrogens is 1. The fourth-order valence-electron chi connectivity index (χ4n) is 3.18. The lowest BCUT2D eigenvalue weighted by atomic mass is 9.86. The first-order chi connectivity index (χ1) is 11.2. The smallest absolute Gasteiger partial charge is 0.184 e. The van der Waals surface area contributed by atoms with Crippen molar-refractivity contribution in [1.29, 1.82) is 0 Å². The van der Waals surface area contributed by atoms with Gasteiger partial charge in [0.2, 0.25) is 0 Å². The number of hydrogen-bond donors (Lipinski definition) is 2. The van der Waals surface area contributed by atoms with E-state index in [-0.39, 0.29) is 12.4 Å². The second-order valence-corrected chi connectivity index (χ2v) is 6.23. The molecular formula is C16H27ClN6O. The number of nitrogens with zero attached hydrogens (tertiary/aromatic N) is 4. The maximum atomic E-state index is 6.04. The van der Waals surface area contributed by atoms with Crippen LogP contribution >= 0.6 is 12.4 Å². The molecule has 0 atom stereocenters. The van der Waals surface area contributed by atoms with Gasteiger partial charge in [-0.2, -0.15) is 10.2 Å². The third kappa shape index (κ3) is 4.15. The topological polar surface area (TPSA) is 94.6 Å². The lowest BCUT2D eigenvalue weighted by Gasteiger charge is -2.25. The predicted octanol–water partition coefficient (Wildman–Crippen LogP) is 2.42. The summed E-state index contributed by atoms with van der Waals surface area (Å²) in [6, 6.07) is 0.335. The van der Waals surface area contributed by atoms with Crippen LogP contribution in [0, 0.1) is 6.92 Å². The summed E-state index contributed by atoms with van der Waals surface area (Å²) in [5, 5.41) is 11.7. The highest BCUT2D eigenvalue weighted by atomic mass is 35.5. The molecule has 2 heterocycles. The molecule has 1 fully saturated rings. The van der Waals surface area contributed by atoms with Gasteiger partial charge >= 0.3 is 0 Å². The Bertz CT molecular complexity index is 632. The summed E-state index contributed by atoms with van der Waals surface area (Å²) in [5.74, 6) is 2.25. The van der Waals surface area contributed by atoms with Gasteiger partial charge < -0.3 is 10.5 Å². The first-order valence-electron chi connectivity index (χ1n) is 8.47. The number of nitrogens with one attached hydrogen (secondary N) is 1. The molecule has 8 heteroatoms. The third-order valence-corrected chi connectivity index (χ3v) is 4.56.